The lowest BCUT2D eigenvalue weighted by molar-refractivity contribution is 0.0977. The summed E-state index contributed by atoms with van der Waals surface area (Å²) in [6, 6.07) is 8.42. The first-order valence-corrected chi connectivity index (χ1v) is 8.81. The van der Waals surface area contributed by atoms with Crippen molar-refractivity contribution in [2.45, 2.75) is 55.2 Å². The Balaban J connectivity index is 1.49. The quantitative estimate of drug-likeness (QED) is 0.625. The minimum atomic E-state index is 0.138. The Hall–Kier alpha value is -0.750. The zero-order valence-corrected chi connectivity index (χ0v) is 13.1. The van der Waals surface area contributed by atoms with Gasteiger partial charge in [-0.05, 0) is 44.2 Å². The smallest absolute Gasteiger partial charge is 0.133 e. The Bertz CT molecular complexity index is 452. The number of thioether (sulfide) groups is 1. The summed E-state index contributed by atoms with van der Waals surface area (Å²) in [6.45, 7) is 0.933. The van der Waals surface area contributed by atoms with E-state index in [4.69, 9.17) is 15.3 Å². The van der Waals surface area contributed by atoms with Crippen molar-refractivity contribution < 1.29 is 9.47 Å². The highest BCUT2D eigenvalue weighted by molar-refractivity contribution is 7.99. The van der Waals surface area contributed by atoms with E-state index < -0.39 is 0 Å². The van der Waals surface area contributed by atoms with Crippen molar-refractivity contribution in [3.8, 4) is 5.75 Å². The van der Waals surface area contributed by atoms with E-state index >= 15 is 0 Å². The maximum absolute atomic E-state index is 6.11. The highest BCUT2D eigenvalue weighted by Crippen LogP contribution is 2.36. The predicted octanol–water partition coefficient (Wildman–Crippen LogP) is 2.72. The van der Waals surface area contributed by atoms with Crippen molar-refractivity contribution in [3.05, 3.63) is 24.3 Å². The second-order valence-corrected chi connectivity index (χ2v) is 6.81. The average molecular weight is 308 g/mol. The summed E-state index contributed by atoms with van der Waals surface area (Å²) in [5.74, 6) is 7.68. The molecule has 0 spiro atoms. The van der Waals surface area contributed by atoms with Crippen LogP contribution in [-0.4, -0.2) is 30.6 Å². The number of benzene rings is 1. The van der Waals surface area contributed by atoms with Crippen LogP contribution in [0, 0.1) is 0 Å². The number of hydrogen-bond acceptors (Lipinski definition) is 5. The number of para-hydroxylation sites is 1. The second-order valence-electron chi connectivity index (χ2n) is 5.75. The van der Waals surface area contributed by atoms with Crippen molar-refractivity contribution in [2.24, 2.45) is 5.84 Å². The van der Waals surface area contributed by atoms with Gasteiger partial charge in [-0.3, -0.25) is 11.3 Å². The molecule has 4 nitrogen and oxygen atoms in total. The van der Waals surface area contributed by atoms with Gasteiger partial charge in [0.15, 0.2) is 0 Å². The zero-order chi connectivity index (χ0) is 14.5. The maximum atomic E-state index is 6.11. The molecule has 116 valence electrons. The molecule has 5 heteroatoms. The molecule has 1 saturated heterocycles. The van der Waals surface area contributed by atoms with Crippen molar-refractivity contribution in [2.75, 3.05) is 12.4 Å². The van der Waals surface area contributed by atoms with Gasteiger partial charge in [0.05, 0.1) is 12.1 Å². The van der Waals surface area contributed by atoms with E-state index in [0.29, 0.717) is 6.10 Å². The molecule has 3 N–H and O–H groups in total. The van der Waals surface area contributed by atoms with Gasteiger partial charge in [-0.1, -0.05) is 12.1 Å². The fraction of sp³-hybridized carbons (Fsp3) is 0.625. The molecule has 1 fully saturated rings. The molecule has 3 rings (SSSR count). The third kappa shape index (κ3) is 3.92. The number of ether oxygens (including phenoxy) is 2. The average Bonchev–Trinajstić information content (AvgIpc) is 3.04. The topological polar surface area (TPSA) is 56.5 Å². The predicted molar refractivity (Wildman–Crippen MR) is 85.5 cm³/mol. The lowest BCUT2D eigenvalue weighted by Crippen LogP contribution is -2.48. The summed E-state index contributed by atoms with van der Waals surface area (Å²) in [7, 11) is 0. The van der Waals surface area contributed by atoms with E-state index in [1.54, 1.807) is 0 Å². The number of nitrogens with one attached hydrogen (secondary N) is 1. The molecule has 2 heterocycles. The first-order valence-electron chi connectivity index (χ1n) is 7.83. The lowest BCUT2D eigenvalue weighted by atomic mass is 10.0. The third-order valence-electron chi connectivity index (χ3n) is 4.26. The van der Waals surface area contributed by atoms with Crippen LogP contribution in [0.15, 0.2) is 29.2 Å². The molecule has 2 aliphatic rings. The van der Waals surface area contributed by atoms with Crippen molar-refractivity contribution >= 4 is 11.8 Å². The fourth-order valence-electron chi connectivity index (χ4n) is 3.05. The normalized spacial score (nSPS) is 26.1. The minimum Gasteiger partial charge on any atom is -0.487 e. The second kappa shape index (κ2) is 7.49. The van der Waals surface area contributed by atoms with Gasteiger partial charge in [0.25, 0.3) is 0 Å². The van der Waals surface area contributed by atoms with Crippen LogP contribution >= 0.6 is 11.8 Å². The van der Waals surface area contributed by atoms with E-state index in [1.807, 2.05) is 23.9 Å². The summed E-state index contributed by atoms with van der Waals surface area (Å²) in [5, 5.41) is 0. The molecule has 0 saturated carbocycles. The molecule has 2 aliphatic heterocycles. The van der Waals surface area contributed by atoms with Gasteiger partial charge in [-0.15, -0.1) is 11.8 Å². The van der Waals surface area contributed by atoms with Gasteiger partial charge in [-0.25, -0.2) is 0 Å². The zero-order valence-electron chi connectivity index (χ0n) is 12.3. The van der Waals surface area contributed by atoms with E-state index in [1.165, 1.54) is 17.7 Å². The van der Waals surface area contributed by atoms with Crippen LogP contribution in [-0.2, 0) is 4.74 Å². The van der Waals surface area contributed by atoms with E-state index in [9.17, 15) is 0 Å². The molecule has 0 amide bonds. The summed E-state index contributed by atoms with van der Waals surface area (Å²) >= 11 is 1.85. The van der Waals surface area contributed by atoms with Gasteiger partial charge in [0.1, 0.15) is 11.9 Å². The van der Waals surface area contributed by atoms with Crippen molar-refractivity contribution in [1.29, 1.82) is 0 Å². The van der Waals surface area contributed by atoms with Gasteiger partial charge in [0, 0.05) is 17.3 Å². The number of rotatable bonds is 6. The molecule has 0 aliphatic carbocycles. The summed E-state index contributed by atoms with van der Waals surface area (Å²) in [4.78, 5) is 1.23. The van der Waals surface area contributed by atoms with Crippen molar-refractivity contribution in [1.82, 2.24) is 5.43 Å². The number of hydrogen-bond donors (Lipinski definition) is 2. The van der Waals surface area contributed by atoms with E-state index in [-0.39, 0.29) is 12.1 Å². The standard InChI is InChI=1S/C16H24N2O2S/c17-18-13(7-3-5-12-6-4-10-19-12)15-11-21-16-9-2-1-8-14(16)20-15/h1-2,8-9,12-13,15,18H,3-7,10-11,17H2. The third-order valence-corrected chi connectivity index (χ3v) is 5.40. The number of nitrogens with two attached hydrogens (primary N) is 1. The highest BCUT2D eigenvalue weighted by Gasteiger charge is 2.27. The SMILES string of the molecule is NNC(CCCC1CCCO1)C1CSc2ccccc2O1. The summed E-state index contributed by atoms with van der Waals surface area (Å²) in [6.07, 6.45) is 6.32. The molecule has 0 bridgehead atoms. The maximum Gasteiger partial charge on any atom is 0.133 e. The van der Waals surface area contributed by atoms with Crippen molar-refractivity contribution in [3.63, 3.8) is 0 Å². The van der Waals surface area contributed by atoms with Crippen LogP contribution in [0.25, 0.3) is 0 Å². The minimum absolute atomic E-state index is 0.138. The summed E-state index contributed by atoms with van der Waals surface area (Å²) in [5.41, 5.74) is 2.95. The van der Waals surface area contributed by atoms with Gasteiger partial charge in [-0.2, -0.15) is 0 Å². The van der Waals surface area contributed by atoms with Crippen LogP contribution < -0.4 is 16.0 Å². The van der Waals surface area contributed by atoms with E-state index in [0.717, 1.165) is 37.4 Å². The van der Waals surface area contributed by atoms with Gasteiger partial charge < -0.3 is 9.47 Å². The number of fused-ring (bicyclic) bond motifs is 1. The molecule has 1 aromatic carbocycles. The molecule has 0 radical (unpaired) electrons. The Morgan fingerprint density at radius 3 is 3.10 bits per heavy atom. The van der Waals surface area contributed by atoms with Crippen LogP contribution in [0.5, 0.6) is 5.75 Å². The molecular weight excluding hydrogens is 284 g/mol. The van der Waals surface area contributed by atoms with Gasteiger partial charge in [0.2, 0.25) is 0 Å². The molecule has 21 heavy (non-hydrogen) atoms. The largest absolute Gasteiger partial charge is 0.487 e. The van der Waals surface area contributed by atoms with Gasteiger partial charge >= 0.3 is 0 Å². The summed E-state index contributed by atoms with van der Waals surface area (Å²) < 4.78 is 11.8. The van der Waals surface area contributed by atoms with Crippen LogP contribution in [0.4, 0.5) is 0 Å². The Kier molecular flexibility index (Phi) is 5.41. The highest BCUT2D eigenvalue weighted by atomic mass is 32.2. The number of hydrazine groups is 1. The van der Waals surface area contributed by atoms with Crippen LogP contribution in [0.2, 0.25) is 0 Å². The Morgan fingerprint density at radius 2 is 2.29 bits per heavy atom. The lowest BCUT2D eigenvalue weighted by Gasteiger charge is -2.31. The Morgan fingerprint density at radius 1 is 1.38 bits per heavy atom. The molecule has 0 aromatic heterocycles. The Labute approximate surface area is 130 Å². The fourth-order valence-corrected chi connectivity index (χ4v) is 4.13. The molecule has 3 atom stereocenters. The monoisotopic (exact) mass is 308 g/mol. The van der Waals surface area contributed by atoms with Crippen LogP contribution in [0.1, 0.15) is 32.1 Å². The molecule has 1 aromatic rings. The van der Waals surface area contributed by atoms with Crippen LogP contribution in [0.3, 0.4) is 0 Å². The molecule has 3 unspecified atom stereocenters. The van der Waals surface area contributed by atoms with E-state index in [2.05, 4.69) is 17.6 Å². The molecular formula is C16H24N2O2S. The first kappa shape index (κ1) is 15.2. The first-order chi connectivity index (χ1) is 10.4.